The van der Waals surface area contributed by atoms with E-state index in [1.165, 1.54) is 19.2 Å². The first-order valence-electron chi connectivity index (χ1n) is 10.6. The van der Waals surface area contributed by atoms with Gasteiger partial charge in [0.1, 0.15) is 11.8 Å². The van der Waals surface area contributed by atoms with Crippen molar-refractivity contribution in [2.24, 2.45) is 0 Å². The van der Waals surface area contributed by atoms with Gasteiger partial charge in [0.2, 0.25) is 0 Å². The summed E-state index contributed by atoms with van der Waals surface area (Å²) in [4.78, 5) is 26.0. The summed E-state index contributed by atoms with van der Waals surface area (Å²) in [7, 11) is 0. The summed E-state index contributed by atoms with van der Waals surface area (Å²) in [6.45, 7) is 0. The number of para-hydroxylation sites is 1. The molecule has 5 rings (SSSR count). The van der Waals surface area contributed by atoms with E-state index < -0.39 is 0 Å². The molecule has 6 nitrogen and oxygen atoms in total. The standard InChI is InChI=1S/C25H23N5O/c31-25(29-20-8-4-5-9-20)18-12-10-17(11-13-18)21-14-15-22-23(30-21)24(27-16-26-22)28-19-6-2-1-3-7-19/h1-3,6-7,10-16,20H,4-5,8-9H2,(H,29,31)(H,26,27,28). The maximum absolute atomic E-state index is 12.5. The fourth-order valence-electron chi connectivity index (χ4n) is 3.98. The monoisotopic (exact) mass is 409 g/mol. The summed E-state index contributed by atoms with van der Waals surface area (Å²) in [5.41, 5.74) is 4.82. The number of pyridine rings is 1. The molecule has 31 heavy (non-hydrogen) atoms. The Labute approximate surface area is 180 Å². The van der Waals surface area contributed by atoms with Gasteiger partial charge in [-0.2, -0.15) is 0 Å². The largest absolute Gasteiger partial charge is 0.349 e. The Morgan fingerprint density at radius 1 is 0.871 bits per heavy atom. The predicted molar refractivity (Wildman–Crippen MR) is 122 cm³/mol. The molecule has 2 heterocycles. The summed E-state index contributed by atoms with van der Waals surface area (Å²) in [6.07, 6.45) is 6.08. The van der Waals surface area contributed by atoms with E-state index in [1.54, 1.807) is 0 Å². The topological polar surface area (TPSA) is 79.8 Å². The number of nitrogens with one attached hydrogen (secondary N) is 2. The molecular weight excluding hydrogens is 386 g/mol. The molecule has 4 aromatic rings. The minimum atomic E-state index is -0.00679. The van der Waals surface area contributed by atoms with Crippen LogP contribution in [0.15, 0.2) is 73.1 Å². The molecule has 6 heteroatoms. The van der Waals surface area contributed by atoms with Gasteiger partial charge in [-0.1, -0.05) is 43.2 Å². The van der Waals surface area contributed by atoms with Crippen molar-refractivity contribution in [1.29, 1.82) is 0 Å². The number of amides is 1. The molecule has 2 aromatic carbocycles. The number of benzene rings is 2. The van der Waals surface area contributed by atoms with Crippen molar-refractivity contribution >= 4 is 28.4 Å². The molecule has 2 aromatic heterocycles. The third-order valence-corrected chi connectivity index (χ3v) is 5.65. The average Bonchev–Trinajstić information content (AvgIpc) is 3.33. The summed E-state index contributed by atoms with van der Waals surface area (Å²) in [5.74, 6) is 0.651. The molecule has 1 aliphatic rings. The van der Waals surface area contributed by atoms with Crippen LogP contribution in [0.4, 0.5) is 11.5 Å². The van der Waals surface area contributed by atoms with Gasteiger partial charge in [0.15, 0.2) is 5.82 Å². The van der Waals surface area contributed by atoms with E-state index in [0.29, 0.717) is 22.9 Å². The number of fused-ring (bicyclic) bond motifs is 1. The highest BCUT2D eigenvalue weighted by atomic mass is 16.1. The number of hydrogen-bond acceptors (Lipinski definition) is 5. The van der Waals surface area contributed by atoms with Crippen molar-refractivity contribution < 1.29 is 4.79 Å². The third-order valence-electron chi connectivity index (χ3n) is 5.65. The predicted octanol–water partition coefficient (Wildman–Crippen LogP) is 5.11. The van der Waals surface area contributed by atoms with Crippen molar-refractivity contribution in [3.63, 3.8) is 0 Å². The van der Waals surface area contributed by atoms with E-state index in [0.717, 1.165) is 35.3 Å². The fourth-order valence-corrected chi connectivity index (χ4v) is 3.98. The molecule has 0 saturated heterocycles. The van der Waals surface area contributed by atoms with Crippen LogP contribution in [0, 0.1) is 0 Å². The Balaban J connectivity index is 1.40. The summed E-state index contributed by atoms with van der Waals surface area (Å²) in [6, 6.07) is 21.6. The zero-order chi connectivity index (χ0) is 21.0. The van der Waals surface area contributed by atoms with Crippen LogP contribution in [0.1, 0.15) is 36.0 Å². The van der Waals surface area contributed by atoms with Gasteiger partial charge in [0, 0.05) is 22.9 Å². The fraction of sp³-hybridized carbons (Fsp3) is 0.200. The van der Waals surface area contributed by atoms with Crippen molar-refractivity contribution in [3.05, 3.63) is 78.6 Å². The van der Waals surface area contributed by atoms with E-state index in [-0.39, 0.29) is 5.91 Å². The summed E-state index contributed by atoms with van der Waals surface area (Å²) in [5, 5.41) is 6.45. The molecule has 1 amide bonds. The van der Waals surface area contributed by atoms with Crippen LogP contribution in [0.2, 0.25) is 0 Å². The SMILES string of the molecule is O=C(NC1CCCC1)c1ccc(-c2ccc3ncnc(Nc4ccccc4)c3n2)cc1. The maximum Gasteiger partial charge on any atom is 0.251 e. The van der Waals surface area contributed by atoms with Gasteiger partial charge in [-0.15, -0.1) is 0 Å². The van der Waals surface area contributed by atoms with E-state index in [4.69, 9.17) is 4.98 Å². The van der Waals surface area contributed by atoms with Gasteiger partial charge in [-0.05, 0) is 49.2 Å². The quantitative estimate of drug-likeness (QED) is 0.479. The average molecular weight is 409 g/mol. The molecule has 1 aliphatic carbocycles. The molecule has 0 bridgehead atoms. The number of nitrogens with zero attached hydrogens (tertiary/aromatic N) is 3. The Bertz CT molecular complexity index is 1200. The van der Waals surface area contributed by atoms with Crippen LogP contribution in [0.25, 0.3) is 22.3 Å². The van der Waals surface area contributed by atoms with Crippen molar-refractivity contribution in [2.45, 2.75) is 31.7 Å². The summed E-state index contributed by atoms with van der Waals surface area (Å²) >= 11 is 0. The van der Waals surface area contributed by atoms with E-state index in [2.05, 4.69) is 20.6 Å². The van der Waals surface area contributed by atoms with Crippen LogP contribution >= 0.6 is 0 Å². The smallest absolute Gasteiger partial charge is 0.251 e. The number of anilines is 2. The number of carbonyl (C=O) groups excluding carboxylic acids is 1. The second-order valence-electron chi connectivity index (χ2n) is 7.81. The van der Waals surface area contributed by atoms with Gasteiger partial charge >= 0.3 is 0 Å². The maximum atomic E-state index is 12.5. The summed E-state index contributed by atoms with van der Waals surface area (Å²) < 4.78 is 0. The molecular formula is C25H23N5O. The van der Waals surface area contributed by atoms with E-state index >= 15 is 0 Å². The first kappa shape index (κ1) is 19.2. The molecule has 0 aliphatic heterocycles. The highest BCUT2D eigenvalue weighted by Crippen LogP contribution is 2.26. The number of rotatable bonds is 5. The van der Waals surface area contributed by atoms with Crippen molar-refractivity contribution in [2.75, 3.05) is 5.32 Å². The highest BCUT2D eigenvalue weighted by molar-refractivity contribution is 5.95. The lowest BCUT2D eigenvalue weighted by Gasteiger charge is -2.12. The van der Waals surface area contributed by atoms with Crippen LogP contribution in [0.3, 0.4) is 0 Å². The number of hydrogen-bond donors (Lipinski definition) is 2. The van der Waals surface area contributed by atoms with Gasteiger partial charge in [-0.25, -0.2) is 15.0 Å². The second-order valence-corrected chi connectivity index (χ2v) is 7.81. The Hall–Kier alpha value is -3.80. The van der Waals surface area contributed by atoms with Crippen LogP contribution in [0.5, 0.6) is 0 Å². The first-order chi connectivity index (χ1) is 15.3. The zero-order valence-corrected chi connectivity index (χ0v) is 17.1. The van der Waals surface area contributed by atoms with E-state index in [1.807, 2.05) is 66.7 Å². The molecule has 0 radical (unpaired) electrons. The molecule has 0 spiro atoms. The normalized spacial score (nSPS) is 13.9. The van der Waals surface area contributed by atoms with Crippen molar-refractivity contribution in [3.8, 4) is 11.3 Å². The van der Waals surface area contributed by atoms with Crippen LogP contribution < -0.4 is 10.6 Å². The second kappa shape index (κ2) is 8.52. The lowest BCUT2D eigenvalue weighted by Crippen LogP contribution is -2.32. The number of carbonyl (C=O) groups is 1. The molecule has 0 atom stereocenters. The minimum Gasteiger partial charge on any atom is -0.349 e. The molecule has 2 N–H and O–H groups in total. The molecule has 154 valence electrons. The number of aromatic nitrogens is 3. The molecule has 1 saturated carbocycles. The Kier molecular flexibility index (Phi) is 5.27. The van der Waals surface area contributed by atoms with Crippen LogP contribution in [-0.2, 0) is 0 Å². The molecule has 1 fully saturated rings. The van der Waals surface area contributed by atoms with Gasteiger partial charge in [-0.3, -0.25) is 4.79 Å². The lowest BCUT2D eigenvalue weighted by molar-refractivity contribution is 0.0938. The lowest BCUT2D eigenvalue weighted by atomic mass is 10.1. The van der Waals surface area contributed by atoms with Crippen LogP contribution in [-0.4, -0.2) is 26.9 Å². The zero-order valence-electron chi connectivity index (χ0n) is 17.1. The highest BCUT2D eigenvalue weighted by Gasteiger charge is 2.18. The molecule has 0 unspecified atom stereocenters. The van der Waals surface area contributed by atoms with Gasteiger partial charge in [0.05, 0.1) is 11.2 Å². The minimum absolute atomic E-state index is 0.00679. The Morgan fingerprint density at radius 2 is 1.65 bits per heavy atom. The first-order valence-corrected chi connectivity index (χ1v) is 10.6. The Morgan fingerprint density at radius 3 is 2.42 bits per heavy atom. The van der Waals surface area contributed by atoms with Crippen molar-refractivity contribution in [1.82, 2.24) is 20.3 Å². The van der Waals surface area contributed by atoms with Gasteiger partial charge < -0.3 is 10.6 Å². The van der Waals surface area contributed by atoms with E-state index in [9.17, 15) is 4.79 Å². The third kappa shape index (κ3) is 4.23. The van der Waals surface area contributed by atoms with Gasteiger partial charge in [0.25, 0.3) is 5.91 Å².